The van der Waals surface area contributed by atoms with Crippen molar-refractivity contribution in [2.75, 3.05) is 52.5 Å². The first-order valence-corrected chi connectivity index (χ1v) is 13.6. The third kappa shape index (κ3) is 13.2. The lowest BCUT2D eigenvalue weighted by Gasteiger charge is -2.33. The number of nitrogens with zero attached hydrogens (tertiary/aromatic N) is 1. The van der Waals surface area contributed by atoms with Crippen LogP contribution in [0.2, 0.25) is 0 Å². The molecular formula is C26H47N7O7. The zero-order valence-corrected chi connectivity index (χ0v) is 24.6. The Bertz CT molecular complexity index is 887. The van der Waals surface area contributed by atoms with Gasteiger partial charge in [-0.15, -0.1) is 0 Å². The van der Waals surface area contributed by atoms with Crippen LogP contribution in [0.1, 0.15) is 54.4 Å². The van der Waals surface area contributed by atoms with E-state index in [2.05, 4.69) is 36.8 Å². The van der Waals surface area contributed by atoms with E-state index >= 15 is 0 Å². The summed E-state index contributed by atoms with van der Waals surface area (Å²) in [4.78, 5) is 75.5. The second-order valence-electron chi connectivity index (χ2n) is 11.3. The molecule has 0 spiro atoms. The van der Waals surface area contributed by atoms with Gasteiger partial charge in [0.2, 0.25) is 35.9 Å². The summed E-state index contributed by atoms with van der Waals surface area (Å²) in [5, 5.41) is 15.6. The fourth-order valence-electron chi connectivity index (χ4n) is 3.81. The van der Waals surface area contributed by atoms with Crippen LogP contribution in [-0.4, -0.2) is 110 Å². The van der Waals surface area contributed by atoms with Crippen molar-refractivity contribution in [1.29, 1.82) is 0 Å². The highest BCUT2D eigenvalue weighted by Crippen LogP contribution is 2.11. The summed E-state index contributed by atoms with van der Waals surface area (Å²) in [6.07, 6.45) is 0.780. The minimum atomic E-state index is -1.42. The van der Waals surface area contributed by atoms with Crippen molar-refractivity contribution in [1.82, 2.24) is 36.8 Å². The smallest absolute Gasteiger partial charge is 0.246 e. The van der Waals surface area contributed by atoms with Gasteiger partial charge in [-0.2, -0.15) is 0 Å². The molecule has 0 aromatic rings. The van der Waals surface area contributed by atoms with E-state index in [9.17, 15) is 28.8 Å². The highest BCUT2D eigenvalue weighted by molar-refractivity contribution is 5.97. The van der Waals surface area contributed by atoms with Gasteiger partial charge < -0.3 is 36.6 Å². The first kappa shape index (κ1) is 34.8. The van der Waals surface area contributed by atoms with Gasteiger partial charge >= 0.3 is 0 Å². The average Bonchev–Trinajstić information content (AvgIpc) is 2.86. The highest BCUT2D eigenvalue weighted by atomic mass is 16.5. The Labute approximate surface area is 236 Å². The number of ether oxygens (including phenoxy) is 1. The normalized spacial score (nSPS) is 15.0. The van der Waals surface area contributed by atoms with E-state index in [1.807, 2.05) is 13.8 Å². The maximum Gasteiger partial charge on any atom is 0.246 e. The number of rotatable bonds is 17. The Kier molecular flexibility index (Phi) is 14.6. The predicted molar refractivity (Wildman–Crippen MR) is 148 cm³/mol. The van der Waals surface area contributed by atoms with Crippen LogP contribution >= 0.6 is 0 Å². The molecule has 1 saturated heterocycles. The van der Waals surface area contributed by atoms with E-state index in [-0.39, 0.29) is 31.3 Å². The van der Waals surface area contributed by atoms with Gasteiger partial charge in [0.1, 0.15) is 17.1 Å². The van der Waals surface area contributed by atoms with Crippen LogP contribution in [0.25, 0.3) is 0 Å². The molecule has 1 unspecified atom stereocenters. The predicted octanol–water partition coefficient (Wildman–Crippen LogP) is -1.99. The van der Waals surface area contributed by atoms with Crippen LogP contribution in [0.4, 0.5) is 0 Å². The van der Waals surface area contributed by atoms with Crippen molar-refractivity contribution in [3.05, 3.63) is 0 Å². The first-order chi connectivity index (χ1) is 18.7. The molecule has 0 radical (unpaired) electrons. The second-order valence-corrected chi connectivity index (χ2v) is 11.3. The van der Waals surface area contributed by atoms with Crippen LogP contribution in [0, 0.1) is 5.92 Å². The van der Waals surface area contributed by atoms with Crippen LogP contribution in [0.3, 0.4) is 0 Å². The van der Waals surface area contributed by atoms with Gasteiger partial charge in [0, 0.05) is 39.1 Å². The molecule has 14 nitrogen and oxygen atoms in total. The second kappa shape index (κ2) is 16.8. The zero-order chi connectivity index (χ0) is 30.3. The van der Waals surface area contributed by atoms with Crippen molar-refractivity contribution in [3.63, 3.8) is 0 Å². The van der Waals surface area contributed by atoms with Crippen molar-refractivity contribution >= 4 is 35.9 Å². The molecule has 0 aliphatic carbocycles. The summed E-state index contributed by atoms with van der Waals surface area (Å²) in [5.41, 5.74) is -2.76. The first-order valence-electron chi connectivity index (χ1n) is 13.6. The summed E-state index contributed by atoms with van der Waals surface area (Å²) in [7, 11) is 0. The Morgan fingerprint density at radius 2 is 1.50 bits per heavy atom. The van der Waals surface area contributed by atoms with Crippen LogP contribution in [0.5, 0.6) is 0 Å². The van der Waals surface area contributed by atoms with Crippen LogP contribution in [-0.2, 0) is 33.5 Å². The number of amides is 6. The molecule has 0 saturated carbocycles. The molecule has 6 N–H and O–H groups in total. The number of nitrogens with one attached hydrogen (secondary N) is 6. The van der Waals surface area contributed by atoms with Crippen molar-refractivity contribution in [3.8, 4) is 0 Å². The van der Waals surface area contributed by atoms with E-state index in [1.165, 1.54) is 27.7 Å². The van der Waals surface area contributed by atoms with E-state index < -0.39 is 40.7 Å². The number of morpholine rings is 1. The van der Waals surface area contributed by atoms with Gasteiger partial charge in [0.15, 0.2) is 0 Å². The number of carbonyl (C=O) groups excluding carboxylic acids is 6. The molecule has 14 heteroatoms. The Morgan fingerprint density at radius 3 is 2.10 bits per heavy atom. The van der Waals surface area contributed by atoms with Gasteiger partial charge in [-0.1, -0.05) is 13.8 Å². The SMILES string of the molecule is CC(C)CC(NC(=O)CNC=O)C(=O)NC(C)(C)C(=O)NC(C)(C)C(=O)NCCC(=O)NCCN1CCOCC1. The molecule has 1 rings (SSSR count). The molecular weight excluding hydrogens is 522 g/mol. The molecule has 1 atom stereocenters. The minimum Gasteiger partial charge on any atom is -0.379 e. The van der Waals surface area contributed by atoms with Crippen LogP contribution < -0.4 is 31.9 Å². The fraction of sp³-hybridized carbons (Fsp3) is 0.769. The van der Waals surface area contributed by atoms with Crippen molar-refractivity contribution in [2.24, 2.45) is 5.92 Å². The third-order valence-corrected chi connectivity index (χ3v) is 6.19. The summed E-state index contributed by atoms with van der Waals surface area (Å²) < 4.78 is 5.30. The zero-order valence-electron chi connectivity index (χ0n) is 24.6. The van der Waals surface area contributed by atoms with Gasteiger partial charge in [-0.25, -0.2) is 0 Å². The van der Waals surface area contributed by atoms with Gasteiger partial charge in [0.25, 0.3) is 0 Å². The summed E-state index contributed by atoms with van der Waals surface area (Å²) in [6, 6.07) is -0.927. The van der Waals surface area contributed by atoms with Gasteiger partial charge in [-0.05, 0) is 40.0 Å². The minimum absolute atomic E-state index is 0.0569. The number of carbonyl (C=O) groups is 6. The van der Waals surface area contributed by atoms with E-state index in [0.29, 0.717) is 32.6 Å². The molecule has 6 amide bonds. The van der Waals surface area contributed by atoms with Gasteiger partial charge in [0.05, 0.1) is 19.8 Å². The van der Waals surface area contributed by atoms with Crippen molar-refractivity contribution in [2.45, 2.75) is 71.5 Å². The Balaban J connectivity index is 2.55. The molecule has 40 heavy (non-hydrogen) atoms. The van der Waals surface area contributed by atoms with Crippen molar-refractivity contribution < 1.29 is 33.5 Å². The molecule has 0 aromatic heterocycles. The molecule has 0 aromatic carbocycles. The molecule has 1 heterocycles. The van der Waals surface area contributed by atoms with E-state index in [1.54, 1.807) is 0 Å². The molecule has 1 aliphatic heterocycles. The maximum absolute atomic E-state index is 13.0. The molecule has 1 fully saturated rings. The lowest BCUT2D eigenvalue weighted by molar-refractivity contribution is -0.138. The van der Waals surface area contributed by atoms with Crippen LogP contribution in [0.15, 0.2) is 0 Å². The van der Waals surface area contributed by atoms with E-state index in [0.717, 1.165) is 19.6 Å². The highest BCUT2D eigenvalue weighted by Gasteiger charge is 2.38. The Morgan fingerprint density at radius 1 is 0.875 bits per heavy atom. The quantitative estimate of drug-likeness (QED) is 0.109. The number of hydrogen-bond acceptors (Lipinski definition) is 8. The largest absolute Gasteiger partial charge is 0.379 e. The fourth-order valence-corrected chi connectivity index (χ4v) is 3.81. The Hall–Kier alpha value is -3.26. The topological polar surface area (TPSA) is 187 Å². The summed E-state index contributed by atoms with van der Waals surface area (Å²) in [6.45, 7) is 13.9. The monoisotopic (exact) mass is 569 g/mol. The van der Waals surface area contributed by atoms with E-state index in [4.69, 9.17) is 4.74 Å². The summed E-state index contributed by atoms with van der Waals surface area (Å²) >= 11 is 0. The third-order valence-electron chi connectivity index (χ3n) is 6.19. The lowest BCUT2D eigenvalue weighted by Crippen LogP contribution is -2.64. The van der Waals surface area contributed by atoms with Gasteiger partial charge in [-0.3, -0.25) is 33.7 Å². The molecule has 228 valence electrons. The summed E-state index contributed by atoms with van der Waals surface area (Å²) in [5.74, 6) is -2.35. The standard InChI is InChI=1S/C26H47N7O7/c1-18(2)15-19(30-21(36)16-27-17-34)22(37)31-26(5,6)24(39)32-25(3,4)23(38)29-8-7-20(35)28-9-10-33-11-13-40-14-12-33/h17-19H,7-16H2,1-6H3,(H,27,34)(H,28,35)(H,29,38)(H,30,36)(H,31,37)(H,32,39). The molecule has 1 aliphatic rings. The number of hydrogen-bond donors (Lipinski definition) is 6. The lowest BCUT2D eigenvalue weighted by atomic mass is 9.97. The molecule has 0 bridgehead atoms. The maximum atomic E-state index is 13.0. The average molecular weight is 570 g/mol.